The first kappa shape index (κ1) is 11.1. The highest BCUT2D eigenvalue weighted by molar-refractivity contribution is 6.03. The van der Waals surface area contributed by atoms with Gasteiger partial charge in [-0.3, -0.25) is 10.1 Å². The summed E-state index contributed by atoms with van der Waals surface area (Å²) < 4.78 is 27.3. The zero-order valence-electron chi connectivity index (χ0n) is 8.69. The molecule has 88 valence electrons. The molecule has 0 unspecified atom stereocenters. The number of carbonyl (C=O) groups is 1. The molecule has 2 heterocycles. The lowest BCUT2D eigenvalue weighted by Crippen LogP contribution is -2.17. The van der Waals surface area contributed by atoms with Gasteiger partial charge < -0.3 is 0 Å². The highest BCUT2D eigenvalue weighted by atomic mass is 19.2. The number of carbonyl (C=O) groups excluding carboxylic acids is 1. The Morgan fingerprint density at radius 3 is 2.82 bits per heavy atom. The Bertz CT molecular complexity index is 568. The van der Waals surface area contributed by atoms with Crippen molar-refractivity contribution in [3.05, 3.63) is 35.9 Å². The predicted octanol–water partition coefficient (Wildman–Crippen LogP) is 0.741. The number of hydrogen-bond donors (Lipinski definition) is 1. The number of nitrogens with zero attached hydrogens (tertiary/aromatic N) is 4. The molecular weight excluding hydrogens is 232 g/mol. The molecule has 0 bridgehead atoms. The fourth-order valence-corrected chi connectivity index (χ4v) is 1.17. The first-order chi connectivity index (χ1) is 8.09. The number of halogens is 2. The number of amides is 1. The maximum Gasteiger partial charge on any atom is 0.261 e. The van der Waals surface area contributed by atoms with Gasteiger partial charge in [-0.1, -0.05) is 0 Å². The highest BCUT2D eigenvalue weighted by Gasteiger charge is 2.17. The number of aryl methyl sites for hydroxylation is 1. The lowest BCUT2D eigenvalue weighted by molar-refractivity contribution is 0.102. The van der Waals surface area contributed by atoms with Crippen LogP contribution in [0.5, 0.6) is 0 Å². The van der Waals surface area contributed by atoms with Crippen LogP contribution in [0.2, 0.25) is 0 Å². The van der Waals surface area contributed by atoms with Crippen molar-refractivity contribution in [2.45, 2.75) is 0 Å². The van der Waals surface area contributed by atoms with Gasteiger partial charge in [0.2, 0.25) is 11.9 Å². The summed E-state index contributed by atoms with van der Waals surface area (Å²) >= 11 is 0. The fourth-order valence-electron chi connectivity index (χ4n) is 1.17. The van der Waals surface area contributed by atoms with Gasteiger partial charge in [-0.05, 0) is 6.07 Å². The van der Waals surface area contributed by atoms with Gasteiger partial charge in [0.25, 0.3) is 5.91 Å². The Hall–Kier alpha value is -2.38. The number of rotatable bonds is 2. The molecule has 0 aliphatic carbocycles. The minimum Gasteiger partial charge on any atom is -0.291 e. The zero-order valence-corrected chi connectivity index (χ0v) is 8.69. The Labute approximate surface area is 94.3 Å². The molecule has 6 nitrogen and oxygen atoms in total. The van der Waals surface area contributed by atoms with Crippen LogP contribution >= 0.6 is 0 Å². The number of pyridine rings is 1. The third-order valence-electron chi connectivity index (χ3n) is 2.03. The van der Waals surface area contributed by atoms with Crippen molar-refractivity contribution in [1.82, 2.24) is 19.7 Å². The topological polar surface area (TPSA) is 72.7 Å². The number of hydrogen-bond acceptors (Lipinski definition) is 4. The van der Waals surface area contributed by atoms with Crippen molar-refractivity contribution in [2.75, 3.05) is 5.32 Å². The number of anilines is 1. The normalized spacial score (nSPS) is 10.3. The average Bonchev–Trinajstić information content (AvgIpc) is 2.68. The van der Waals surface area contributed by atoms with Crippen LogP contribution in [0.4, 0.5) is 14.7 Å². The van der Waals surface area contributed by atoms with E-state index in [-0.39, 0.29) is 5.95 Å². The number of aromatic nitrogens is 4. The summed E-state index contributed by atoms with van der Waals surface area (Å²) in [6.45, 7) is 0. The minimum absolute atomic E-state index is 0.131. The highest BCUT2D eigenvalue weighted by Crippen LogP contribution is 2.10. The zero-order chi connectivity index (χ0) is 12.4. The summed E-state index contributed by atoms with van der Waals surface area (Å²) in [4.78, 5) is 18.4. The van der Waals surface area contributed by atoms with Crippen LogP contribution in [0.3, 0.4) is 0 Å². The molecule has 2 aromatic rings. The van der Waals surface area contributed by atoms with Crippen LogP contribution < -0.4 is 5.32 Å². The quantitative estimate of drug-likeness (QED) is 0.784. The number of nitrogens with one attached hydrogen (secondary N) is 1. The second kappa shape index (κ2) is 4.24. The van der Waals surface area contributed by atoms with E-state index in [1.807, 2.05) is 0 Å². The second-order valence-electron chi connectivity index (χ2n) is 3.12. The monoisotopic (exact) mass is 239 g/mol. The largest absolute Gasteiger partial charge is 0.291 e. The molecule has 0 saturated carbocycles. The van der Waals surface area contributed by atoms with Crippen molar-refractivity contribution < 1.29 is 13.6 Å². The van der Waals surface area contributed by atoms with E-state index in [9.17, 15) is 13.6 Å². The Morgan fingerprint density at radius 2 is 2.18 bits per heavy atom. The van der Waals surface area contributed by atoms with E-state index >= 15 is 0 Å². The van der Waals surface area contributed by atoms with Crippen LogP contribution in [-0.4, -0.2) is 25.7 Å². The van der Waals surface area contributed by atoms with Crippen LogP contribution in [0.25, 0.3) is 0 Å². The van der Waals surface area contributed by atoms with E-state index in [1.54, 1.807) is 7.05 Å². The molecule has 2 rings (SSSR count). The summed E-state index contributed by atoms with van der Waals surface area (Å²) in [5, 5.41) is 6.00. The second-order valence-corrected chi connectivity index (χ2v) is 3.12. The van der Waals surface area contributed by atoms with Gasteiger partial charge in [0.15, 0.2) is 5.82 Å². The van der Waals surface area contributed by atoms with Gasteiger partial charge >= 0.3 is 0 Å². The van der Waals surface area contributed by atoms with Gasteiger partial charge in [0.1, 0.15) is 6.33 Å². The molecule has 17 heavy (non-hydrogen) atoms. The van der Waals surface area contributed by atoms with Crippen LogP contribution in [0.15, 0.2) is 18.6 Å². The maximum atomic E-state index is 13.2. The summed E-state index contributed by atoms with van der Waals surface area (Å²) in [5.74, 6) is -3.31. The van der Waals surface area contributed by atoms with Crippen molar-refractivity contribution in [3.8, 4) is 0 Å². The van der Waals surface area contributed by atoms with Crippen molar-refractivity contribution in [3.63, 3.8) is 0 Å². The molecule has 0 saturated heterocycles. The standard InChI is InChI=1S/C9H7F2N5O/c1-16-9(13-4-14-16)15-8(17)5-2-3-12-7(11)6(5)10/h2-4H,1H3,(H,13,14,15,17). The third kappa shape index (κ3) is 2.10. The van der Waals surface area contributed by atoms with E-state index in [2.05, 4.69) is 20.4 Å². The lowest BCUT2D eigenvalue weighted by Gasteiger charge is -2.04. The summed E-state index contributed by atoms with van der Waals surface area (Å²) in [5.41, 5.74) is -0.444. The summed E-state index contributed by atoms with van der Waals surface area (Å²) in [7, 11) is 1.55. The predicted molar refractivity (Wildman–Crippen MR) is 53.1 cm³/mol. The Morgan fingerprint density at radius 1 is 1.41 bits per heavy atom. The molecule has 8 heteroatoms. The molecule has 1 amide bonds. The lowest BCUT2D eigenvalue weighted by atomic mass is 10.2. The molecule has 0 spiro atoms. The fraction of sp³-hybridized carbons (Fsp3) is 0.111. The molecule has 0 aliphatic heterocycles. The first-order valence-corrected chi connectivity index (χ1v) is 4.55. The van der Waals surface area contributed by atoms with Crippen molar-refractivity contribution in [1.29, 1.82) is 0 Å². The van der Waals surface area contributed by atoms with E-state index in [1.165, 1.54) is 11.0 Å². The van der Waals surface area contributed by atoms with Crippen LogP contribution in [-0.2, 0) is 7.05 Å². The molecule has 0 fully saturated rings. The molecule has 0 aliphatic rings. The third-order valence-corrected chi connectivity index (χ3v) is 2.03. The van der Waals surface area contributed by atoms with Crippen molar-refractivity contribution in [2.24, 2.45) is 7.05 Å². The molecule has 2 aromatic heterocycles. The van der Waals surface area contributed by atoms with E-state index in [4.69, 9.17) is 0 Å². The van der Waals surface area contributed by atoms with E-state index < -0.39 is 23.2 Å². The Kier molecular flexibility index (Phi) is 2.77. The van der Waals surface area contributed by atoms with Crippen LogP contribution in [0.1, 0.15) is 10.4 Å². The van der Waals surface area contributed by atoms with Crippen LogP contribution in [0, 0.1) is 11.8 Å². The van der Waals surface area contributed by atoms with E-state index in [0.717, 1.165) is 12.3 Å². The van der Waals surface area contributed by atoms with Gasteiger partial charge in [-0.15, -0.1) is 0 Å². The molecule has 1 N–H and O–H groups in total. The molecule has 0 aromatic carbocycles. The molecule has 0 radical (unpaired) electrons. The van der Waals surface area contributed by atoms with E-state index in [0.29, 0.717) is 0 Å². The summed E-state index contributed by atoms with van der Waals surface area (Å²) in [6, 6.07) is 1.07. The van der Waals surface area contributed by atoms with Gasteiger partial charge in [0.05, 0.1) is 5.56 Å². The SMILES string of the molecule is Cn1ncnc1NC(=O)c1ccnc(F)c1F. The first-order valence-electron chi connectivity index (χ1n) is 4.55. The van der Waals surface area contributed by atoms with Crippen molar-refractivity contribution >= 4 is 11.9 Å². The van der Waals surface area contributed by atoms with Gasteiger partial charge in [-0.25, -0.2) is 14.1 Å². The average molecular weight is 239 g/mol. The van der Waals surface area contributed by atoms with Gasteiger partial charge in [-0.2, -0.15) is 14.5 Å². The Balaban J connectivity index is 2.27. The minimum atomic E-state index is -1.32. The smallest absolute Gasteiger partial charge is 0.261 e. The molecular formula is C9H7F2N5O. The summed E-state index contributed by atoms with van der Waals surface area (Å²) in [6.07, 6.45) is 2.23. The molecule has 0 atom stereocenters. The maximum absolute atomic E-state index is 13.2. The van der Waals surface area contributed by atoms with Gasteiger partial charge in [0, 0.05) is 13.2 Å².